The minimum absolute atomic E-state index is 0.0138. The van der Waals surface area contributed by atoms with E-state index in [9.17, 15) is 14.9 Å². The van der Waals surface area contributed by atoms with Crippen molar-refractivity contribution in [1.82, 2.24) is 10.3 Å². The minimum Gasteiger partial charge on any atom is -0.383 e. The van der Waals surface area contributed by atoms with Gasteiger partial charge in [-0.05, 0) is 20.8 Å². The van der Waals surface area contributed by atoms with Crippen molar-refractivity contribution < 1.29 is 9.72 Å². The van der Waals surface area contributed by atoms with Crippen LogP contribution in [0.4, 0.5) is 17.3 Å². The summed E-state index contributed by atoms with van der Waals surface area (Å²) in [6.07, 6.45) is 0. The van der Waals surface area contributed by atoms with E-state index in [1.807, 2.05) is 13.8 Å². The van der Waals surface area contributed by atoms with Gasteiger partial charge in [-0.1, -0.05) is 0 Å². The number of anilines is 2. The van der Waals surface area contributed by atoms with E-state index in [-0.39, 0.29) is 29.3 Å². The molecule has 1 unspecified atom stereocenters. The van der Waals surface area contributed by atoms with Gasteiger partial charge in [0, 0.05) is 6.04 Å². The zero-order valence-electron chi connectivity index (χ0n) is 11.0. The molecule has 0 saturated carbocycles. The molecule has 1 atom stereocenters. The molecule has 1 amide bonds. The van der Waals surface area contributed by atoms with Gasteiger partial charge in [-0.2, -0.15) is 0 Å². The fourth-order valence-corrected chi connectivity index (χ4v) is 1.41. The first-order chi connectivity index (χ1) is 8.79. The normalized spacial score (nSPS) is 12.0. The number of rotatable bonds is 5. The van der Waals surface area contributed by atoms with Crippen LogP contribution in [0.1, 0.15) is 20.8 Å². The first kappa shape index (κ1) is 14.7. The molecule has 0 saturated heterocycles. The van der Waals surface area contributed by atoms with Crippen molar-refractivity contribution in [3.8, 4) is 0 Å². The number of hydrogen-bond donors (Lipinski definition) is 3. The van der Waals surface area contributed by atoms with Gasteiger partial charge in [-0.3, -0.25) is 14.9 Å². The molecule has 8 heteroatoms. The van der Waals surface area contributed by atoms with E-state index in [2.05, 4.69) is 15.6 Å². The third kappa shape index (κ3) is 4.41. The van der Waals surface area contributed by atoms with Crippen LogP contribution in [0.2, 0.25) is 0 Å². The van der Waals surface area contributed by atoms with Gasteiger partial charge in [0.15, 0.2) is 0 Å². The Morgan fingerprint density at radius 2 is 2.05 bits per heavy atom. The minimum atomic E-state index is -0.573. The molecule has 19 heavy (non-hydrogen) atoms. The van der Waals surface area contributed by atoms with Crippen LogP contribution in [0.3, 0.4) is 0 Å². The van der Waals surface area contributed by atoms with Crippen molar-refractivity contribution in [2.75, 3.05) is 11.1 Å². The van der Waals surface area contributed by atoms with E-state index >= 15 is 0 Å². The maximum absolute atomic E-state index is 11.7. The monoisotopic (exact) mass is 267 g/mol. The predicted molar refractivity (Wildman–Crippen MR) is 71.7 cm³/mol. The first-order valence-electron chi connectivity index (χ1n) is 5.78. The number of hydrogen-bond acceptors (Lipinski definition) is 6. The fraction of sp³-hybridized carbons (Fsp3) is 0.455. The van der Waals surface area contributed by atoms with Crippen LogP contribution in [0.5, 0.6) is 0 Å². The Morgan fingerprint density at radius 1 is 1.42 bits per heavy atom. The molecule has 1 heterocycles. The standard InChI is InChI=1S/C11H17N5O3/c1-6(2)13-11(17)7(3)14-10-5-8(16(18)19)4-9(12)15-10/h4-7H,1-3H3,(H,13,17)(H3,12,14,15). The van der Waals surface area contributed by atoms with Crippen molar-refractivity contribution in [3.63, 3.8) is 0 Å². The summed E-state index contributed by atoms with van der Waals surface area (Å²) in [5, 5.41) is 16.2. The molecule has 0 aliphatic heterocycles. The molecule has 0 fully saturated rings. The van der Waals surface area contributed by atoms with E-state index in [0.29, 0.717) is 0 Å². The van der Waals surface area contributed by atoms with Gasteiger partial charge >= 0.3 is 0 Å². The Labute approximate surface area is 110 Å². The summed E-state index contributed by atoms with van der Waals surface area (Å²) in [7, 11) is 0. The van der Waals surface area contributed by atoms with Crippen LogP contribution in [-0.2, 0) is 4.79 Å². The maximum Gasteiger partial charge on any atom is 0.276 e. The Balaban J connectivity index is 2.81. The van der Waals surface area contributed by atoms with Crippen LogP contribution in [-0.4, -0.2) is 27.9 Å². The number of nitro groups is 1. The third-order valence-corrected chi connectivity index (χ3v) is 2.23. The van der Waals surface area contributed by atoms with Gasteiger partial charge in [0.2, 0.25) is 5.91 Å². The second kappa shape index (κ2) is 5.98. The van der Waals surface area contributed by atoms with Gasteiger partial charge in [-0.15, -0.1) is 0 Å². The number of carbonyl (C=O) groups excluding carboxylic acids is 1. The van der Waals surface area contributed by atoms with Crippen LogP contribution in [0, 0.1) is 10.1 Å². The summed E-state index contributed by atoms with van der Waals surface area (Å²) in [5.74, 6) is -0.00634. The molecule has 0 aliphatic rings. The molecule has 8 nitrogen and oxygen atoms in total. The number of nitrogens with zero attached hydrogens (tertiary/aromatic N) is 2. The molecule has 4 N–H and O–H groups in total. The zero-order chi connectivity index (χ0) is 14.6. The lowest BCUT2D eigenvalue weighted by atomic mass is 10.2. The van der Waals surface area contributed by atoms with Crippen molar-refractivity contribution in [2.45, 2.75) is 32.9 Å². The van der Waals surface area contributed by atoms with E-state index in [4.69, 9.17) is 5.73 Å². The zero-order valence-corrected chi connectivity index (χ0v) is 11.0. The predicted octanol–water partition coefficient (Wildman–Crippen LogP) is 0.897. The number of aromatic nitrogens is 1. The summed E-state index contributed by atoms with van der Waals surface area (Å²) in [6.45, 7) is 5.32. The van der Waals surface area contributed by atoms with Gasteiger partial charge in [0.25, 0.3) is 5.69 Å². The average Bonchev–Trinajstić information content (AvgIpc) is 2.26. The van der Waals surface area contributed by atoms with Gasteiger partial charge in [-0.25, -0.2) is 4.98 Å². The molecular weight excluding hydrogens is 250 g/mol. The molecule has 1 rings (SSSR count). The number of amides is 1. The smallest absolute Gasteiger partial charge is 0.276 e. The third-order valence-electron chi connectivity index (χ3n) is 2.23. The first-order valence-corrected chi connectivity index (χ1v) is 5.78. The molecule has 0 aliphatic carbocycles. The van der Waals surface area contributed by atoms with Crippen LogP contribution >= 0.6 is 0 Å². The summed E-state index contributed by atoms with van der Waals surface area (Å²) in [5.41, 5.74) is 5.30. The highest BCUT2D eigenvalue weighted by molar-refractivity contribution is 5.84. The van der Waals surface area contributed by atoms with Crippen LogP contribution < -0.4 is 16.4 Å². The van der Waals surface area contributed by atoms with Gasteiger partial charge in [0.1, 0.15) is 17.7 Å². The second-order valence-electron chi connectivity index (χ2n) is 4.42. The van der Waals surface area contributed by atoms with Gasteiger partial charge in [0.05, 0.1) is 17.1 Å². The van der Waals surface area contributed by atoms with E-state index < -0.39 is 11.0 Å². The van der Waals surface area contributed by atoms with Gasteiger partial charge < -0.3 is 16.4 Å². The summed E-state index contributed by atoms with van der Waals surface area (Å²) in [4.78, 5) is 25.7. The highest BCUT2D eigenvalue weighted by Gasteiger charge is 2.16. The Kier molecular flexibility index (Phi) is 4.62. The van der Waals surface area contributed by atoms with Crippen molar-refractivity contribution in [2.24, 2.45) is 0 Å². The highest BCUT2D eigenvalue weighted by Crippen LogP contribution is 2.19. The summed E-state index contributed by atoms with van der Waals surface area (Å²) in [6, 6.07) is 1.83. The topological polar surface area (TPSA) is 123 Å². The van der Waals surface area contributed by atoms with E-state index in [1.165, 1.54) is 6.07 Å². The highest BCUT2D eigenvalue weighted by atomic mass is 16.6. The van der Waals surface area contributed by atoms with E-state index in [1.54, 1.807) is 6.92 Å². The SMILES string of the molecule is CC(C)NC(=O)C(C)Nc1cc([N+](=O)[O-])cc(N)n1. The molecular formula is C11H17N5O3. The lowest BCUT2D eigenvalue weighted by Crippen LogP contribution is -2.41. The molecule has 0 bridgehead atoms. The lowest BCUT2D eigenvalue weighted by molar-refractivity contribution is -0.384. The summed E-state index contributed by atoms with van der Waals surface area (Å²) < 4.78 is 0. The number of pyridine rings is 1. The molecule has 104 valence electrons. The molecule has 1 aromatic heterocycles. The average molecular weight is 267 g/mol. The van der Waals surface area contributed by atoms with Crippen molar-refractivity contribution in [3.05, 3.63) is 22.2 Å². The van der Waals surface area contributed by atoms with E-state index in [0.717, 1.165) is 6.07 Å². The number of nitrogens with two attached hydrogens (primary N) is 1. The van der Waals surface area contributed by atoms with Crippen LogP contribution in [0.15, 0.2) is 12.1 Å². The largest absolute Gasteiger partial charge is 0.383 e. The molecule has 1 aromatic rings. The Hall–Kier alpha value is -2.38. The van der Waals surface area contributed by atoms with Crippen molar-refractivity contribution in [1.29, 1.82) is 0 Å². The van der Waals surface area contributed by atoms with Crippen LogP contribution in [0.25, 0.3) is 0 Å². The molecule has 0 radical (unpaired) electrons. The lowest BCUT2D eigenvalue weighted by Gasteiger charge is -2.16. The second-order valence-corrected chi connectivity index (χ2v) is 4.42. The fourth-order valence-electron chi connectivity index (χ4n) is 1.41. The number of nitrogen functional groups attached to an aromatic ring is 1. The molecule has 0 spiro atoms. The summed E-state index contributed by atoms with van der Waals surface area (Å²) >= 11 is 0. The quantitative estimate of drug-likeness (QED) is 0.538. The maximum atomic E-state index is 11.7. The number of carbonyl (C=O) groups is 1. The Morgan fingerprint density at radius 3 is 2.58 bits per heavy atom. The Bertz CT molecular complexity index is 489. The van der Waals surface area contributed by atoms with Crippen molar-refractivity contribution >= 4 is 23.2 Å². The molecule has 0 aromatic carbocycles. The number of nitrogens with one attached hydrogen (secondary N) is 2.